The van der Waals surface area contributed by atoms with Crippen LogP contribution in [0.15, 0.2) is 12.1 Å². The van der Waals surface area contributed by atoms with Crippen molar-refractivity contribution < 1.29 is 9.90 Å². The molecule has 0 unspecified atom stereocenters. The van der Waals surface area contributed by atoms with E-state index in [9.17, 15) is 9.90 Å². The first-order valence-electron chi connectivity index (χ1n) is 5.27. The van der Waals surface area contributed by atoms with Gasteiger partial charge in [-0.2, -0.15) is 0 Å². The van der Waals surface area contributed by atoms with E-state index >= 15 is 0 Å². The first-order valence-corrected chi connectivity index (χ1v) is 6.03. The van der Waals surface area contributed by atoms with Gasteiger partial charge in [0, 0.05) is 31.7 Å². The van der Waals surface area contributed by atoms with Gasteiger partial charge in [0.2, 0.25) is 0 Å². The average Bonchev–Trinajstić information content (AvgIpc) is 2.35. The number of hydrogen-bond donors (Lipinski definition) is 2. The predicted molar refractivity (Wildman–Crippen MR) is 66.9 cm³/mol. The molecule has 1 amide bonds. The molecule has 0 atom stereocenters. The molecule has 0 radical (unpaired) electrons. The van der Waals surface area contributed by atoms with Crippen LogP contribution in [-0.4, -0.2) is 42.1 Å². The lowest BCUT2D eigenvalue weighted by Crippen LogP contribution is -2.46. The fourth-order valence-corrected chi connectivity index (χ4v) is 2.23. The summed E-state index contributed by atoms with van der Waals surface area (Å²) < 4.78 is 0. The van der Waals surface area contributed by atoms with E-state index in [0.717, 1.165) is 13.1 Å². The standard InChI is InChI=1S/C11H12Cl2N2O2/c12-8-5-7(6-9(13)10(8)16)11(17)15-3-1-14-2-4-15/h5-6,14,16H,1-4H2. The summed E-state index contributed by atoms with van der Waals surface area (Å²) in [7, 11) is 0. The Balaban J connectivity index is 2.24. The lowest BCUT2D eigenvalue weighted by molar-refractivity contribution is 0.0736. The van der Waals surface area contributed by atoms with E-state index < -0.39 is 0 Å². The number of rotatable bonds is 1. The van der Waals surface area contributed by atoms with Crippen LogP contribution in [0.2, 0.25) is 10.0 Å². The Morgan fingerprint density at radius 3 is 2.29 bits per heavy atom. The lowest BCUT2D eigenvalue weighted by Gasteiger charge is -2.27. The first kappa shape index (κ1) is 12.5. The van der Waals surface area contributed by atoms with Crippen LogP contribution >= 0.6 is 23.2 Å². The predicted octanol–water partition coefficient (Wildman–Crippen LogP) is 1.74. The Bertz CT molecular complexity index is 422. The van der Waals surface area contributed by atoms with Gasteiger partial charge in [-0.15, -0.1) is 0 Å². The summed E-state index contributed by atoms with van der Waals surface area (Å²) in [6.45, 7) is 2.89. The summed E-state index contributed by atoms with van der Waals surface area (Å²) in [5.41, 5.74) is 0.403. The summed E-state index contributed by atoms with van der Waals surface area (Å²) >= 11 is 11.6. The molecule has 1 heterocycles. The monoisotopic (exact) mass is 274 g/mol. The molecule has 1 aliphatic rings. The Labute approximate surface area is 109 Å². The molecule has 1 aromatic rings. The molecule has 1 aromatic carbocycles. The zero-order valence-corrected chi connectivity index (χ0v) is 10.6. The largest absolute Gasteiger partial charge is 0.505 e. The molecule has 0 aromatic heterocycles. The number of piperazine rings is 1. The molecular weight excluding hydrogens is 263 g/mol. The zero-order chi connectivity index (χ0) is 12.4. The van der Waals surface area contributed by atoms with Gasteiger partial charge in [0.15, 0.2) is 5.75 Å². The molecule has 0 saturated carbocycles. The van der Waals surface area contributed by atoms with Crippen molar-refractivity contribution in [2.75, 3.05) is 26.2 Å². The number of halogens is 2. The Morgan fingerprint density at radius 1 is 1.24 bits per heavy atom. The van der Waals surface area contributed by atoms with Crippen LogP contribution < -0.4 is 5.32 Å². The van der Waals surface area contributed by atoms with Gasteiger partial charge >= 0.3 is 0 Å². The number of amides is 1. The topological polar surface area (TPSA) is 52.6 Å². The fourth-order valence-electron chi connectivity index (χ4n) is 1.74. The van der Waals surface area contributed by atoms with E-state index in [4.69, 9.17) is 23.2 Å². The minimum absolute atomic E-state index is 0.0935. The van der Waals surface area contributed by atoms with Crippen molar-refractivity contribution in [2.45, 2.75) is 0 Å². The third kappa shape index (κ3) is 2.65. The number of nitrogens with one attached hydrogen (secondary N) is 1. The maximum Gasteiger partial charge on any atom is 0.254 e. The highest BCUT2D eigenvalue weighted by Crippen LogP contribution is 2.33. The van der Waals surface area contributed by atoms with Crippen LogP contribution in [0, 0.1) is 0 Å². The van der Waals surface area contributed by atoms with Crippen molar-refractivity contribution >= 4 is 29.1 Å². The second kappa shape index (κ2) is 5.12. The number of carbonyl (C=O) groups excluding carboxylic acids is 1. The minimum Gasteiger partial charge on any atom is -0.505 e. The molecule has 17 heavy (non-hydrogen) atoms. The second-order valence-electron chi connectivity index (χ2n) is 3.83. The first-order chi connectivity index (χ1) is 8.09. The van der Waals surface area contributed by atoms with Crippen LogP contribution in [0.25, 0.3) is 0 Å². The normalized spacial score (nSPS) is 16.0. The lowest BCUT2D eigenvalue weighted by atomic mass is 10.1. The van der Waals surface area contributed by atoms with E-state index in [1.165, 1.54) is 12.1 Å². The zero-order valence-electron chi connectivity index (χ0n) is 9.04. The number of benzene rings is 1. The van der Waals surface area contributed by atoms with Crippen molar-refractivity contribution in [3.05, 3.63) is 27.7 Å². The Hall–Kier alpha value is -0.970. The highest BCUT2D eigenvalue weighted by Gasteiger charge is 2.19. The third-order valence-corrected chi connectivity index (χ3v) is 3.24. The van der Waals surface area contributed by atoms with Crippen LogP contribution in [0.1, 0.15) is 10.4 Å². The molecule has 0 spiro atoms. The highest BCUT2D eigenvalue weighted by atomic mass is 35.5. The molecule has 6 heteroatoms. The molecule has 2 N–H and O–H groups in total. The molecule has 0 aliphatic carbocycles. The molecule has 1 fully saturated rings. The van der Waals surface area contributed by atoms with Gasteiger partial charge < -0.3 is 15.3 Å². The second-order valence-corrected chi connectivity index (χ2v) is 4.65. The van der Waals surface area contributed by atoms with Crippen LogP contribution in [0.4, 0.5) is 0 Å². The summed E-state index contributed by atoms with van der Waals surface area (Å²) in [4.78, 5) is 13.8. The maximum absolute atomic E-state index is 12.1. The molecular formula is C11H12Cl2N2O2. The highest BCUT2D eigenvalue weighted by molar-refractivity contribution is 6.37. The van der Waals surface area contributed by atoms with E-state index in [0.29, 0.717) is 18.7 Å². The summed E-state index contributed by atoms with van der Waals surface area (Å²) in [6, 6.07) is 2.88. The Morgan fingerprint density at radius 2 is 1.76 bits per heavy atom. The average molecular weight is 275 g/mol. The van der Waals surface area contributed by atoms with E-state index in [1.807, 2.05) is 0 Å². The number of nitrogens with zero attached hydrogens (tertiary/aromatic N) is 1. The van der Waals surface area contributed by atoms with E-state index in [2.05, 4.69) is 5.32 Å². The van der Waals surface area contributed by atoms with Crippen molar-refractivity contribution in [1.29, 1.82) is 0 Å². The fraction of sp³-hybridized carbons (Fsp3) is 0.364. The quantitative estimate of drug-likeness (QED) is 0.821. The van der Waals surface area contributed by atoms with Crippen molar-refractivity contribution in [1.82, 2.24) is 10.2 Å². The van der Waals surface area contributed by atoms with Crippen molar-refractivity contribution in [2.24, 2.45) is 0 Å². The van der Waals surface area contributed by atoms with Gasteiger partial charge in [-0.1, -0.05) is 23.2 Å². The number of hydrogen-bond acceptors (Lipinski definition) is 3. The van der Waals surface area contributed by atoms with Crippen LogP contribution in [0.3, 0.4) is 0 Å². The van der Waals surface area contributed by atoms with Gasteiger partial charge in [0.1, 0.15) is 0 Å². The van der Waals surface area contributed by atoms with Gasteiger partial charge in [0.05, 0.1) is 10.0 Å². The third-order valence-electron chi connectivity index (χ3n) is 2.67. The maximum atomic E-state index is 12.1. The van der Waals surface area contributed by atoms with Gasteiger partial charge in [-0.3, -0.25) is 4.79 Å². The molecule has 1 saturated heterocycles. The van der Waals surface area contributed by atoms with Gasteiger partial charge in [0.25, 0.3) is 5.91 Å². The molecule has 2 rings (SSSR count). The summed E-state index contributed by atoms with van der Waals surface area (Å²) in [5, 5.41) is 12.8. The molecule has 4 nitrogen and oxygen atoms in total. The summed E-state index contributed by atoms with van der Waals surface area (Å²) in [5.74, 6) is -0.305. The number of phenolic OH excluding ortho intramolecular Hbond substituents is 1. The molecule has 0 bridgehead atoms. The van der Waals surface area contributed by atoms with Gasteiger partial charge in [-0.05, 0) is 12.1 Å². The molecule has 1 aliphatic heterocycles. The van der Waals surface area contributed by atoms with E-state index in [1.54, 1.807) is 4.90 Å². The SMILES string of the molecule is O=C(c1cc(Cl)c(O)c(Cl)c1)N1CCNCC1. The number of aromatic hydroxyl groups is 1. The Kier molecular flexibility index (Phi) is 3.76. The number of carbonyl (C=O) groups is 1. The smallest absolute Gasteiger partial charge is 0.254 e. The van der Waals surface area contributed by atoms with Crippen molar-refractivity contribution in [3.8, 4) is 5.75 Å². The number of phenols is 1. The van der Waals surface area contributed by atoms with Crippen LogP contribution in [-0.2, 0) is 0 Å². The van der Waals surface area contributed by atoms with E-state index in [-0.39, 0.29) is 21.7 Å². The van der Waals surface area contributed by atoms with Gasteiger partial charge in [-0.25, -0.2) is 0 Å². The molecule has 92 valence electrons. The van der Waals surface area contributed by atoms with Crippen LogP contribution in [0.5, 0.6) is 5.75 Å². The summed E-state index contributed by atoms with van der Waals surface area (Å²) in [6.07, 6.45) is 0. The minimum atomic E-state index is -0.190. The van der Waals surface area contributed by atoms with Crippen molar-refractivity contribution in [3.63, 3.8) is 0 Å².